The van der Waals surface area contributed by atoms with Crippen LogP contribution in [0.5, 0.6) is 0 Å². The molecule has 1 aromatic rings. The molecule has 0 radical (unpaired) electrons. The highest BCUT2D eigenvalue weighted by molar-refractivity contribution is 5.11. The Morgan fingerprint density at radius 2 is 2.10 bits per heavy atom. The van der Waals surface area contributed by atoms with Gasteiger partial charge in [-0.15, -0.1) is 0 Å². The van der Waals surface area contributed by atoms with Crippen LogP contribution in [0.3, 0.4) is 0 Å². The Kier molecular flexibility index (Phi) is 1.61. The lowest BCUT2D eigenvalue weighted by Gasteiger charge is -2.09. The van der Waals surface area contributed by atoms with Gasteiger partial charge in [-0.1, -0.05) is 12.4 Å². The summed E-state index contributed by atoms with van der Waals surface area (Å²) in [4.78, 5) is 3.21. The van der Waals surface area contributed by atoms with E-state index in [9.17, 15) is 13.2 Å². The fourth-order valence-corrected chi connectivity index (χ4v) is 0.488. The summed E-state index contributed by atoms with van der Waals surface area (Å²) < 4.78 is 35.2. The number of halogens is 3. The van der Waals surface area contributed by atoms with E-state index in [1.807, 2.05) is 0 Å². The number of pyridine rings is 1. The predicted molar refractivity (Wildman–Crippen MR) is 28.1 cm³/mol. The molecule has 54 valence electrons. The Morgan fingerprint density at radius 3 is 2.40 bits per heavy atom. The highest BCUT2D eigenvalue weighted by Crippen LogP contribution is 2.27. The molecular weight excluding hydrogens is 143 g/mol. The molecule has 0 aliphatic carbocycles. The van der Waals surface area contributed by atoms with E-state index in [0.29, 0.717) is 0 Å². The maximum atomic E-state index is 11.7. The van der Waals surface area contributed by atoms with Crippen molar-refractivity contribution in [3.63, 3.8) is 0 Å². The molecule has 0 bridgehead atoms. The zero-order valence-electron chi connectivity index (χ0n) is 4.81. The summed E-state index contributed by atoms with van der Waals surface area (Å²) in [6.07, 6.45) is -1.30. The third kappa shape index (κ3) is 1.46. The van der Waals surface area contributed by atoms with Gasteiger partial charge < -0.3 is 4.98 Å². The molecule has 0 spiro atoms. The Morgan fingerprint density at radius 1 is 1.40 bits per heavy atom. The van der Waals surface area contributed by atoms with E-state index < -0.39 is 11.7 Å². The molecule has 1 nitrogen and oxygen atoms in total. The molecule has 0 atom stereocenters. The average molecular weight is 146 g/mol. The van der Waals surface area contributed by atoms with Crippen LogP contribution in [0.4, 0.5) is 13.2 Å². The second-order valence-electron chi connectivity index (χ2n) is 1.67. The molecule has 0 fully saturated rings. The molecule has 1 rings (SSSR count). The first-order valence-corrected chi connectivity index (χ1v) is 2.50. The highest BCUT2D eigenvalue weighted by atomic mass is 19.4. The molecule has 0 aliphatic heterocycles. The zero-order chi connectivity index (χ0) is 7.61. The third-order valence-electron chi connectivity index (χ3n) is 0.943. The molecule has 1 aromatic heterocycles. The maximum absolute atomic E-state index is 11.7. The van der Waals surface area contributed by atoms with Gasteiger partial charge in [0.25, 0.3) is 0 Å². The van der Waals surface area contributed by atoms with Crippen LogP contribution in [0.1, 0.15) is 5.56 Å². The number of hydrogen-bond acceptors (Lipinski definition) is 1. The van der Waals surface area contributed by atoms with Crippen molar-refractivity contribution < 1.29 is 13.2 Å². The van der Waals surface area contributed by atoms with Gasteiger partial charge in [-0.05, 0) is 5.56 Å². The standard InChI is InChI=1S/C6H3F3N/c7-6(8,9)5-2-1-3-10-4-5/h1-2,4H/q-1. The van der Waals surface area contributed by atoms with E-state index in [2.05, 4.69) is 11.2 Å². The van der Waals surface area contributed by atoms with Crippen LogP contribution in [-0.4, -0.2) is 4.98 Å². The van der Waals surface area contributed by atoms with Gasteiger partial charge in [-0.3, -0.25) is 0 Å². The summed E-state index contributed by atoms with van der Waals surface area (Å²) in [6, 6.07) is 2.05. The SMILES string of the molecule is FC(F)(F)c1cc[c-]nc1. The molecule has 0 N–H and O–H groups in total. The number of aromatic nitrogens is 1. The van der Waals surface area contributed by atoms with Crippen LogP contribution >= 0.6 is 0 Å². The number of hydrogen-bond donors (Lipinski definition) is 0. The number of rotatable bonds is 0. The molecule has 0 saturated carbocycles. The van der Waals surface area contributed by atoms with Crippen LogP contribution in [0.2, 0.25) is 0 Å². The van der Waals surface area contributed by atoms with Gasteiger partial charge in [0.15, 0.2) is 0 Å². The van der Waals surface area contributed by atoms with Gasteiger partial charge in [-0.25, -0.2) is 0 Å². The molecular formula is C6H3F3N-. The molecule has 0 aromatic carbocycles. The van der Waals surface area contributed by atoms with Crippen molar-refractivity contribution in [2.75, 3.05) is 0 Å². The summed E-state index contributed by atoms with van der Waals surface area (Å²) >= 11 is 0. The first kappa shape index (κ1) is 7.05. The van der Waals surface area contributed by atoms with Gasteiger partial charge in [0, 0.05) is 0 Å². The van der Waals surface area contributed by atoms with Gasteiger partial charge in [0.1, 0.15) is 0 Å². The summed E-state index contributed by atoms with van der Waals surface area (Å²) in [7, 11) is 0. The monoisotopic (exact) mass is 146 g/mol. The number of nitrogens with zero attached hydrogens (tertiary/aromatic N) is 1. The summed E-state index contributed by atoms with van der Waals surface area (Å²) in [6.45, 7) is 0. The Balaban J connectivity index is 2.97. The predicted octanol–water partition coefficient (Wildman–Crippen LogP) is 1.90. The maximum Gasteiger partial charge on any atom is 0.396 e. The van der Waals surface area contributed by atoms with Crippen molar-refractivity contribution in [1.82, 2.24) is 4.98 Å². The minimum Gasteiger partial charge on any atom is -0.394 e. The van der Waals surface area contributed by atoms with Crippen molar-refractivity contribution in [2.45, 2.75) is 6.18 Å². The lowest BCUT2D eigenvalue weighted by atomic mass is 10.3. The van der Waals surface area contributed by atoms with Crippen LogP contribution in [0.15, 0.2) is 18.3 Å². The minimum absolute atomic E-state index is 0.736. The van der Waals surface area contributed by atoms with Crippen LogP contribution in [0.25, 0.3) is 0 Å². The zero-order valence-corrected chi connectivity index (χ0v) is 4.81. The Labute approximate surface area is 55.5 Å². The van der Waals surface area contributed by atoms with Crippen molar-refractivity contribution in [1.29, 1.82) is 0 Å². The smallest absolute Gasteiger partial charge is 0.394 e. The minimum atomic E-state index is -4.29. The topological polar surface area (TPSA) is 12.9 Å². The van der Waals surface area contributed by atoms with Crippen molar-refractivity contribution in [2.24, 2.45) is 0 Å². The molecule has 0 unspecified atom stereocenters. The molecule has 0 saturated heterocycles. The van der Waals surface area contributed by atoms with E-state index >= 15 is 0 Å². The van der Waals surface area contributed by atoms with Gasteiger partial charge in [-0.2, -0.15) is 25.3 Å². The van der Waals surface area contributed by atoms with E-state index in [1.54, 1.807) is 0 Å². The molecule has 10 heavy (non-hydrogen) atoms. The van der Waals surface area contributed by atoms with Crippen LogP contribution in [-0.2, 0) is 6.18 Å². The van der Waals surface area contributed by atoms with Crippen molar-refractivity contribution >= 4 is 0 Å². The van der Waals surface area contributed by atoms with Crippen LogP contribution < -0.4 is 0 Å². The molecule has 0 amide bonds. The Hall–Kier alpha value is -1.06. The lowest BCUT2D eigenvalue weighted by molar-refractivity contribution is -0.137. The largest absolute Gasteiger partial charge is 0.396 e. The lowest BCUT2D eigenvalue weighted by Crippen LogP contribution is -2.04. The number of alkyl halides is 3. The molecule has 0 aliphatic rings. The van der Waals surface area contributed by atoms with Crippen molar-refractivity contribution in [3.05, 3.63) is 30.1 Å². The van der Waals surface area contributed by atoms with E-state index in [0.717, 1.165) is 18.3 Å². The van der Waals surface area contributed by atoms with Crippen molar-refractivity contribution in [3.8, 4) is 0 Å². The van der Waals surface area contributed by atoms with E-state index in [1.165, 1.54) is 0 Å². The van der Waals surface area contributed by atoms with E-state index in [4.69, 9.17) is 0 Å². The highest BCUT2D eigenvalue weighted by Gasteiger charge is 2.25. The second kappa shape index (κ2) is 2.28. The summed E-state index contributed by atoms with van der Waals surface area (Å²) in [5.41, 5.74) is -0.744. The van der Waals surface area contributed by atoms with Gasteiger partial charge in [0.05, 0.1) is 0 Å². The van der Waals surface area contributed by atoms with Crippen LogP contribution in [0, 0.1) is 6.20 Å². The fraction of sp³-hybridized carbons (Fsp3) is 0.167. The quantitative estimate of drug-likeness (QED) is 0.509. The second-order valence-corrected chi connectivity index (χ2v) is 1.67. The summed E-state index contributed by atoms with van der Waals surface area (Å²) in [5.74, 6) is 0. The fourth-order valence-electron chi connectivity index (χ4n) is 0.488. The normalized spacial score (nSPS) is 11.5. The molecule has 4 heteroatoms. The van der Waals surface area contributed by atoms with Gasteiger partial charge >= 0.3 is 6.18 Å². The third-order valence-corrected chi connectivity index (χ3v) is 0.943. The summed E-state index contributed by atoms with van der Waals surface area (Å²) in [5, 5.41) is 0. The van der Waals surface area contributed by atoms with E-state index in [-0.39, 0.29) is 0 Å². The molecule has 1 heterocycles. The van der Waals surface area contributed by atoms with Gasteiger partial charge in [0.2, 0.25) is 0 Å². The Bertz CT molecular complexity index is 204. The first-order valence-electron chi connectivity index (χ1n) is 2.50. The average Bonchev–Trinajstić information content (AvgIpc) is 1.88. The first-order chi connectivity index (χ1) is 4.61.